The van der Waals surface area contributed by atoms with Crippen LogP contribution in [0.15, 0.2) is 18.2 Å². The number of nitriles is 1. The SMILES string of the molecule is CCC(C)C(C)Nc1ccc(C#N)cc1F. The number of rotatable bonds is 4. The van der Waals surface area contributed by atoms with E-state index in [9.17, 15) is 4.39 Å². The van der Waals surface area contributed by atoms with Gasteiger partial charge in [-0.3, -0.25) is 0 Å². The first kappa shape index (κ1) is 12.5. The highest BCUT2D eigenvalue weighted by atomic mass is 19.1. The Morgan fingerprint density at radius 1 is 1.44 bits per heavy atom. The zero-order chi connectivity index (χ0) is 12.1. The summed E-state index contributed by atoms with van der Waals surface area (Å²) < 4.78 is 13.6. The lowest BCUT2D eigenvalue weighted by Gasteiger charge is -2.21. The van der Waals surface area contributed by atoms with Crippen molar-refractivity contribution < 1.29 is 4.39 Å². The monoisotopic (exact) mass is 220 g/mol. The molecule has 3 heteroatoms. The summed E-state index contributed by atoms with van der Waals surface area (Å²) in [6.45, 7) is 6.27. The van der Waals surface area contributed by atoms with Gasteiger partial charge in [-0.05, 0) is 31.0 Å². The molecule has 1 aromatic carbocycles. The highest BCUT2D eigenvalue weighted by Crippen LogP contribution is 2.19. The van der Waals surface area contributed by atoms with Crippen molar-refractivity contribution in [2.24, 2.45) is 5.92 Å². The third-order valence-corrected chi connectivity index (χ3v) is 2.98. The maximum absolute atomic E-state index is 13.6. The summed E-state index contributed by atoms with van der Waals surface area (Å²) in [5, 5.41) is 11.8. The zero-order valence-electron chi connectivity index (χ0n) is 9.92. The topological polar surface area (TPSA) is 35.8 Å². The Morgan fingerprint density at radius 2 is 2.12 bits per heavy atom. The minimum atomic E-state index is -0.366. The van der Waals surface area contributed by atoms with E-state index in [4.69, 9.17) is 5.26 Å². The molecule has 2 atom stereocenters. The summed E-state index contributed by atoms with van der Waals surface area (Å²) in [7, 11) is 0. The number of benzene rings is 1. The van der Waals surface area contributed by atoms with E-state index in [1.54, 1.807) is 12.1 Å². The zero-order valence-corrected chi connectivity index (χ0v) is 9.92. The Balaban J connectivity index is 2.79. The molecule has 0 radical (unpaired) electrons. The molecular weight excluding hydrogens is 203 g/mol. The van der Waals surface area contributed by atoms with E-state index in [0.717, 1.165) is 6.42 Å². The van der Waals surface area contributed by atoms with E-state index in [1.807, 2.05) is 13.0 Å². The lowest BCUT2D eigenvalue weighted by atomic mass is 10.0. The number of hydrogen-bond acceptors (Lipinski definition) is 2. The van der Waals surface area contributed by atoms with Gasteiger partial charge in [-0.15, -0.1) is 0 Å². The second-order valence-electron chi connectivity index (χ2n) is 4.12. The molecule has 0 saturated carbocycles. The molecule has 1 N–H and O–H groups in total. The van der Waals surface area contributed by atoms with Gasteiger partial charge in [0.15, 0.2) is 0 Å². The fourth-order valence-electron chi connectivity index (χ4n) is 1.44. The smallest absolute Gasteiger partial charge is 0.147 e. The summed E-state index contributed by atoms with van der Waals surface area (Å²) in [6.07, 6.45) is 1.05. The largest absolute Gasteiger partial charge is 0.380 e. The van der Waals surface area contributed by atoms with Gasteiger partial charge in [0, 0.05) is 6.04 Å². The Hall–Kier alpha value is -1.56. The van der Waals surface area contributed by atoms with Gasteiger partial charge < -0.3 is 5.32 Å². The van der Waals surface area contributed by atoms with Gasteiger partial charge >= 0.3 is 0 Å². The number of nitrogens with zero attached hydrogens (tertiary/aromatic N) is 1. The van der Waals surface area contributed by atoms with Crippen molar-refractivity contribution >= 4 is 5.69 Å². The van der Waals surface area contributed by atoms with E-state index in [2.05, 4.69) is 19.2 Å². The van der Waals surface area contributed by atoms with Crippen molar-refractivity contribution in [1.82, 2.24) is 0 Å². The molecule has 0 heterocycles. The lowest BCUT2D eigenvalue weighted by molar-refractivity contribution is 0.491. The van der Waals surface area contributed by atoms with E-state index in [1.165, 1.54) is 6.07 Å². The van der Waals surface area contributed by atoms with Crippen molar-refractivity contribution in [3.05, 3.63) is 29.6 Å². The summed E-state index contributed by atoms with van der Waals surface area (Å²) in [5.74, 6) is 0.115. The third kappa shape index (κ3) is 2.96. The van der Waals surface area contributed by atoms with E-state index in [-0.39, 0.29) is 11.9 Å². The van der Waals surface area contributed by atoms with Gasteiger partial charge in [0.25, 0.3) is 0 Å². The van der Waals surface area contributed by atoms with Crippen LogP contribution in [0.25, 0.3) is 0 Å². The first-order chi connectivity index (χ1) is 7.58. The average molecular weight is 220 g/mol. The maximum Gasteiger partial charge on any atom is 0.147 e. The summed E-state index contributed by atoms with van der Waals surface area (Å²) in [5.41, 5.74) is 0.811. The Kier molecular flexibility index (Phi) is 4.30. The molecule has 0 aliphatic carbocycles. The second kappa shape index (κ2) is 5.50. The molecule has 16 heavy (non-hydrogen) atoms. The van der Waals surface area contributed by atoms with E-state index < -0.39 is 0 Å². The fraction of sp³-hybridized carbons (Fsp3) is 0.462. The minimum absolute atomic E-state index is 0.215. The maximum atomic E-state index is 13.6. The molecule has 0 fully saturated rings. The molecule has 0 bridgehead atoms. The van der Waals surface area contributed by atoms with Gasteiger partial charge in [-0.1, -0.05) is 20.3 Å². The molecule has 0 aliphatic rings. The van der Waals surface area contributed by atoms with Crippen LogP contribution >= 0.6 is 0 Å². The number of halogens is 1. The molecule has 0 aliphatic heterocycles. The third-order valence-electron chi connectivity index (χ3n) is 2.98. The molecule has 0 amide bonds. The Bertz CT molecular complexity index is 395. The van der Waals surface area contributed by atoms with Crippen molar-refractivity contribution in [3.63, 3.8) is 0 Å². The number of hydrogen-bond donors (Lipinski definition) is 1. The molecule has 1 rings (SSSR count). The van der Waals surface area contributed by atoms with Crippen LogP contribution in [-0.2, 0) is 0 Å². The van der Waals surface area contributed by atoms with Crippen LogP contribution < -0.4 is 5.32 Å². The van der Waals surface area contributed by atoms with Crippen LogP contribution in [0, 0.1) is 23.1 Å². The van der Waals surface area contributed by atoms with E-state index in [0.29, 0.717) is 17.2 Å². The Labute approximate surface area is 96.1 Å². The molecule has 0 spiro atoms. The van der Waals surface area contributed by atoms with Crippen LogP contribution in [0.5, 0.6) is 0 Å². The summed E-state index contributed by atoms with van der Waals surface area (Å²) >= 11 is 0. The lowest BCUT2D eigenvalue weighted by Crippen LogP contribution is -2.23. The van der Waals surface area contributed by atoms with Gasteiger partial charge in [-0.2, -0.15) is 5.26 Å². The van der Waals surface area contributed by atoms with Crippen LogP contribution in [0.4, 0.5) is 10.1 Å². The quantitative estimate of drug-likeness (QED) is 0.842. The molecule has 1 aromatic rings. The molecule has 86 valence electrons. The van der Waals surface area contributed by atoms with Crippen LogP contribution in [0.1, 0.15) is 32.8 Å². The molecular formula is C13H17FN2. The highest BCUT2D eigenvalue weighted by Gasteiger charge is 2.12. The van der Waals surface area contributed by atoms with Crippen molar-refractivity contribution in [3.8, 4) is 6.07 Å². The fourth-order valence-corrected chi connectivity index (χ4v) is 1.44. The molecule has 2 unspecified atom stereocenters. The molecule has 0 saturated heterocycles. The number of anilines is 1. The Morgan fingerprint density at radius 3 is 2.62 bits per heavy atom. The summed E-state index contributed by atoms with van der Waals surface area (Å²) in [4.78, 5) is 0. The predicted octanol–water partition coefficient (Wildman–Crippen LogP) is 3.54. The average Bonchev–Trinajstić information content (AvgIpc) is 2.30. The summed E-state index contributed by atoms with van der Waals surface area (Å²) in [6, 6.07) is 6.62. The molecule has 0 aromatic heterocycles. The van der Waals surface area contributed by atoms with Crippen molar-refractivity contribution in [2.75, 3.05) is 5.32 Å². The second-order valence-corrected chi connectivity index (χ2v) is 4.12. The van der Waals surface area contributed by atoms with Crippen molar-refractivity contribution in [2.45, 2.75) is 33.2 Å². The van der Waals surface area contributed by atoms with Crippen LogP contribution in [0.3, 0.4) is 0 Å². The first-order valence-electron chi connectivity index (χ1n) is 5.54. The first-order valence-corrected chi connectivity index (χ1v) is 5.54. The van der Waals surface area contributed by atoms with Crippen LogP contribution in [-0.4, -0.2) is 6.04 Å². The van der Waals surface area contributed by atoms with E-state index >= 15 is 0 Å². The van der Waals surface area contributed by atoms with Gasteiger partial charge in [-0.25, -0.2) is 4.39 Å². The molecule has 2 nitrogen and oxygen atoms in total. The van der Waals surface area contributed by atoms with Gasteiger partial charge in [0.2, 0.25) is 0 Å². The van der Waals surface area contributed by atoms with Crippen molar-refractivity contribution in [1.29, 1.82) is 5.26 Å². The normalized spacial score (nSPS) is 13.9. The highest BCUT2D eigenvalue weighted by molar-refractivity contribution is 5.49. The predicted molar refractivity (Wildman–Crippen MR) is 63.7 cm³/mol. The van der Waals surface area contributed by atoms with Gasteiger partial charge in [0.1, 0.15) is 5.82 Å². The van der Waals surface area contributed by atoms with Crippen LogP contribution in [0.2, 0.25) is 0 Å². The standard InChI is InChI=1S/C13H17FN2/c1-4-9(2)10(3)16-13-6-5-11(8-15)7-12(13)14/h5-7,9-10,16H,4H2,1-3H3. The minimum Gasteiger partial charge on any atom is -0.380 e. The van der Waals surface area contributed by atoms with Gasteiger partial charge in [0.05, 0.1) is 17.3 Å². The number of nitrogens with one attached hydrogen (secondary N) is 1.